The minimum absolute atomic E-state index is 0.0423. The summed E-state index contributed by atoms with van der Waals surface area (Å²) in [5.41, 5.74) is 2.62. The second-order valence-corrected chi connectivity index (χ2v) is 4.64. The van der Waals surface area contributed by atoms with Crippen molar-refractivity contribution in [1.82, 2.24) is 15.3 Å². The molecule has 18 heavy (non-hydrogen) atoms. The van der Waals surface area contributed by atoms with Crippen molar-refractivity contribution in [3.05, 3.63) is 24.0 Å². The number of benzene rings is 1. The highest BCUT2D eigenvalue weighted by Crippen LogP contribution is 2.16. The lowest BCUT2D eigenvalue weighted by Crippen LogP contribution is -2.32. The number of H-pyrrole nitrogens is 1. The first kappa shape index (κ1) is 12.6. The van der Waals surface area contributed by atoms with Gasteiger partial charge < -0.3 is 15.6 Å². The summed E-state index contributed by atoms with van der Waals surface area (Å²) in [7, 11) is 0. The number of hydrogen-bond acceptors (Lipinski definition) is 3. The number of nitrogens with zero attached hydrogens (tertiary/aromatic N) is 1. The van der Waals surface area contributed by atoms with Crippen LogP contribution in [0.15, 0.2) is 18.2 Å². The Hall–Kier alpha value is -1.88. The fourth-order valence-electron chi connectivity index (χ4n) is 1.72. The van der Waals surface area contributed by atoms with E-state index >= 15 is 0 Å². The first-order chi connectivity index (χ1) is 8.54. The molecular formula is C13H18N4O. The summed E-state index contributed by atoms with van der Waals surface area (Å²) in [4.78, 5) is 19.1. The summed E-state index contributed by atoms with van der Waals surface area (Å²) in [5, 5.41) is 5.92. The van der Waals surface area contributed by atoms with Crippen LogP contribution in [-0.4, -0.2) is 28.5 Å². The lowest BCUT2D eigenvalue weighted by molar-refractivity contribution is -0.115. The Morgan fingerprint density at radius 2 is 2.22 bits per heavy atom. The molecule has 0 aliphatic rings. The number of hydrogen-bond donors (Lipinski definition) is 3. The molecule has 0 spiro atoms. The smallest absolute Gasteiger partial charge is 0.238 e. The van der Waals surface area contributed by atoms with Gasteiger partial charge in [0.1, 0.15) is 5.82 Å². The zero-order valence-electron chi connectivity index (χ0n) is 10.9. The molecule has 0 atom stereocenters. The first-order valence-electron chi connectivity index (χ1n) is 6.04. The van der Waals surface area contributed by atoms with Crippen LogP contribution >= 0.6 is 0 Å². The fourth-order valence-corrected chi connectivity index (χ4v) is 1.72. The zero-order valence-corrected chi connectivity index (χ0v) is 10.9. The largest absolute Gasteiger partial charge is 0.342 e. The molecule has 0 unspecified atom stereocenters. The standard InChI is InChI=1S/C13H18N4O/c1-8(2)14-7-13(18)17-10-4-5-11-12(6-10)16-9(3)15-11/h4-6,8,14H,7H2,1-3H3,(H,15,16)(H,17,18). The molecule has 2 rings (SSSR count). The van der Waals surface area contributed by atoms with Crippen molar-refractivity contribution in [1.29, 1.82) is 0 Å². The van der Waals surface area contributed by atoms with E-state index in [9.17, 15) is 4.79 Å². The summed E-state index contributed by atoms with van der Waals surface area (Å²) in [6, 6.07) is 5.94. The molecule has 0 bridgehead atoms. The van der Waals surface area contributed by atoms with Gasteiger partial charge in [-0.15, -0.1) is 0 Å². The summed E-state index contributed by atoms with van der Waals surface area (Å²) in [6.45, 7) is 6.24. The monoisotopic (exact) mass is 246 g/mol. The SMILES string of the molecule is Cc1nc2ccc(NC(=O)CNC(C)C)cc2[nH]1. The van der Waals surface area contributed by atoms with Crippen LogP contribution in [0.5, 0.6) is 0 Å². The molecule has 5 heteroatoms. The summed E-state index contributed by atoms with van der Waals surface area (Å²) >= 11 is 0. The number of imidazole rings is 1. The van der Waals surface area contributed by atoms with Gasteiger partial charge >= 0.3 is 0 Å². The molecule has 0 radical (unpaired) electrons. The van der Waals surface area contributed by atoms with Gasteiger partial charge in [0.05, 0.1) is 17.6 Å². The van der Waals surface area contributed by atoms with Crippen LogP contribution in [0.1, 0.15) is 19.7 Å². The lowest BCUT2D eigenvalue weighted by atomic mass is 10.2. The van der Waals surface area contributed by atoms with Crippen molar-refractivity contribution in [3.8, 4) is 0 Å². The molecule has 5 nitrogen and oxygen atoms in total. The maximum atomic E-state index is 11.7. The Balaban J connectivity index is 2.05. The van der Waals surface area contributed by atoms with E-state index in [0.717, 1.165) is 22.5 Å². The summed E-state index contributed by atoms with van der Waals surface area (Å²) in [5.74, 6) is 0.828. The third-order valence-electron chi connectivity index (χ3n) is 2.55. The maximum Gasteiger partial charge on any atom is 0.238 e. The van der Waals surface area contributed by atoms with E-state index in [1.165, 1.54) is 0 Å². The van der Waals surface area contributed by atoms with Crippen LogP contribution in [0, 0.1) is 6.92 Å². The van der Waals surface area contributed by atoms with Gasteiger partial charge in [0.2, 0.25) is 5.91 Å². The Labute approximate surface area is 106 Å². The number of nitrogens with one attached hydrogen (secondary N) is 3. The molecule has 1 aromatic carbocycles. The van der Waals surface area contributed by atoms with Gasteiger partial charge in [-0.25, -0.2) is 4.98 Å². The maximum absolute atomic E-state index is 11.7. The van der Waals surface area contributed by atoms with Crippen molar-refractivity contribution in [2.45, 2.75) is 26.8 Å². The number of aromatic amines is 1. The molecule has 0 aliphatic heterocycles. The van der Waals surface area contributed by atoms with Crippen LogP contribution in [0.3, 0.4) is 0 Å². The number of anilines is 1. The summed E-state index contributed by atoms with van der Waals surface area (Å²) < 4.78 is 0. The number of aryl methyl sites for hydroxylation is 1. The van der Waals surface area contributed by atoms with E-state index in [1.807, 2.05) is 39.0 Å². The van der Waals surface area contributed by atoms with E-state index in [1.54, 1.807) is 0 Å². The van der Waals surface area contributed by atoms with Crippen LogP contribution in [0.2, 0.25) is 0 Å². The molecule has 2 aromatic rings. The number of carbonyl (C=O) groups excluding carboxylic acids is 1. The molecule has 0 saturated heterocycles. The van der Waals surface area contributed by atoms with Gasteiger partial charge in [0, 0.05) is 11.7 Å². The van der Waals surface area contributed by atoms with Gasteiger partial charge in [-0.05, 0) is 25.1 Å². The molecule has 0 fully saturated rings. The number of carbonyl (C=O) groups is 1. The predicted molar refractivity (Wildman–Crippen MR) is 72.6 cm³/mol. The molecular weight excluding hydrogens is 228 g/mol. The first-order valence-corrected chi connectivity index (χ1v) is 6.04. The Morgan fingerprint density at radius 3 is 2.94 bits per heavy atom. The molecule has 1 amide bonds. The van der Waals surface area contributed by atoms with Gasteiger partial charge in [0.15, 0.2) is 0 Å². The second-order valence-electron chi connectivity index (χ2n) is 4.64. The van der Waals surface area contributed by atoms with Crippen molar-refractivity contribution >= 4 is 22.6 Å². The molecule has 1 aromatic heterocycles. The summed E-state index contributed by atoms with van der Waals surface area (Å²) in [6.07, 6.45) is 0. The Morgan fingerprint density at radius 1 is 1.44 bits per heavy atom. The second kappa shape index (κ2) is 5.18. The van der Waals surface area contributed by atoms with Crippen molar-refractivity contribution in [3.63, 3.8) is 0 Å². The zero-order chi connectivity index (χ0) is 13.1. The molecule has 0 aliphatic carbocycles. The van der Waals surface area contributed by atoms with Crippen molar-refractivity contribution in [2.75, 3.05) is 11.9 Å². The van der Waals surface area contributed by atoms with Crippen molar-refractivity contribution < 1.29 is 4.79 Å². The minimum atomic E-state index is -0.0423. The highest BCUT2D eigenvalue weighted by atomic mass is 16.1. The van der Waals surface area contributed by atoms with Gasteiger partial charge in [0.25, 0.3) is 0 Å². The van der Waals surface area contributed by atoms with E-state index < -0.39 is 0 Å². The highest BCUT2D eigenvalue weighted by molar-refractivity contribution is 5.94. The van der Waals surface area contributed by atoms with E-state index in [-0.39, 0.29) is 5.91 Å². The number of amides is 1. The average Bonchev–Trinajstić information content (AvgIpc) is 2.66. The van der Waals surface area contributed by atoms with Crippen molar-refractivity contribution in [2.24, 2.45) is 0 Å². The Kier molecular flexibility index (Phi) is 3.62. The normalized spacial score (nSPS) is 11.1. The van der Waals surface area contributed by atoms with Gasteiger partial charge in [-0.2, -0.15) is 0 Å². The van der Waals surface area contributed by atoms with E-state index in [0.29, 0.717) is 12.6 Å². The average molecular weight is 246 g/mol. The van der Waals surface area contributed by atoms with Crippen LogP contribution in [0.4, 0.5) is 5.69 Å². The third kappa shape index (κ3) is 3.07. The fraction of sp³-hybridized carbons (Fsp3) is 0.385. The number of rotatable bonds is 4. The lowest BCUT2D eigenvalue weighted by Gasteiger charge is -2.08. The minimum Gasteiger partial charge on any atom is -0.342 e. The molecule has 0 saturated carbocycles. The van der Waals surface area contributed by atoms with Crippen LogP contribution in [0.25, 0.3) is 11.0 Å². The van der Waals surface area contributed by atoms with E-state index in [4.69, 9.17) is 0 Å². The van der Waals surface area contributed by atoms with E-state index in [2.05, 4.69) is 20.6 Å². The van der Waals surface area contributed by atoms with Gasteiger partial charge in [-0.3, -0.25) is 4.79 Å². The predicted octanol–water partition coefficient (Wildman–Crippen LogP) is 1.81. The van der Waals surface area contributed by atoms with Gasteiger partial charge in [-0.1, -0.05) is 13.8 Å². The third-order valence-corrected chi connectivity index (χ3v) is 2.55. The topological polar surface area (TPSA) is 69.8 Å². The molecule has 3 N–H and O–H groups in total. The van der Waals surface area contributed by atoms with Crippen LogP contribution < -0.4 is 10.6 Å². The number of fused-ring (bicyclic) bond motifs is 1. The highest BCUT2D eigenvalue weighted by Gasteiger charge is 2.05. The quantitative estimate of drug-likeness (QED) is 0.770. The van der Waals surface area contributed by atoms with Crippen LogP contribution in [-0.2, 0) is 4.79 Å². The number of aromatic nitrogens is 2. The molecule has 96 valence electrons. The Bertz CT molecular complexity index is 559. The molecule has 1 heterocycles.